The van der Waals surface area contributed by atoms with Crippen LogP contribution in [-0.2, 0) is 30.2 Å². The molecule has 8 heteroatoms. The largest absolute Gasteiger partial charge is 0.313 e. The number of nitrogens with one attached hydrogen (secondary N) is 2. The van der Waals surface area contributed by atoms with Crippen LogP contribution in [0.1, 0.15) is 18.2 Å². The molecule has 2 N–H and O–H groups in total. The van der Waals surface area contributed by atoms with Gasteiger partial charge in [-0.1, -0.05) is 13.0 Å². The minimum atomic E-state index is -3.62. The van der Waals surface area contributed by atoms with Crippen molar-refractivity contribution >= 4 is 10.0 Å². The summed E-state index contributed by atoms with van der Waals surface area (Å²) in [7, 11) is -1.84. The minimum Gasteiger partial charge on any atom is -0.313 e. The quantitative estimate of drug-likeness (QED) is 0.773. The van der Waals surface area contributed by atoms with Crippen LogP contribution in [0, 0.1) is 0 Å². The third-order valence-corrected chi connectivity index (χ3v) is 4.18. The van der Waals surface area contributed by atoms with Gasteiger partial charge in [0.05, 0.1) is 12.2 Å². The summed E-state index contributed by atoms with van der Waals surface area (Å²) in [5.74, 6) is 0. The highest BCUT2D eigenvalue weighted by Crippen LogP contribution is 2.07. The van der Waals surface area contributed by atoms with E-state index in [-0.39, 0.29) is 11.6 Å². The lowest BCUT2D eigenvalue weighted by atomic mass is 10.3. The predicted octanol–water partition coefficient (Wildman–Crippen LogP) is 0.403. The number of rotatable bonds is 7. The van der Waals surface area contributed by atoms with Crippen molar-refractivity contribution in [2.75, 3.05) is 6.54 Å². The number of aryl methyl sites for hydroxylation is 1. The molecule has 21 heavy (non-hydrogen) atoms. The Kier molecular flexibility index (Phi) is 5.05. The standard InChI is InChI=1S/C13H19N5O2S/c1-3-14-8-11-4-5-13(15-9-11)21(19,20)16-10-12-6-7-18(2)17-12/h4-7,9,14,16H,3,8,10H2,1-2H3. The first kappa shape index (κ1) is 15.6. The van der Waals surface area contributed by atoms with E-state index in [0.717, 1.165) is 12.1 Å². The predicted molar refractivity (Wildman–Crippen MR) is 78.9 cm³/mol. The second-order valence-electron chi connectivity index (χ2n) is 4.59. The highest BCUT2D eigenvalue weighted by atomic mass is 32.2. The van der Waals surface area contributed by atoms with Crippen LogP contribution in [0.15, 0.2) is 35.6 Å². The number of sulfonamides is 1. The molecule has 0 amide bonds. The molecule has 0 unspecified atom stereocenters. The highest BCUT2D eigenvalue weighted by Gasteiger charge is 2.15. The van der Waals surface area contributed by atoms with Gasteiger partial charge in [-0.05, 0) is 24.2 Å². The second kappa shape index (κ2) is 6.79. The molecule has 0 aliphatic heterocycles. The lowest BCUT2D eigenvalue weighted by molar-refractivity contribution is 0.575. The number of hydrogen-bond donors (Lipinski definition) is 2. The van der Waals surface area contributed by atoms with Gasteiger partial charge in [0.1, 0.15) is 0 Å². The van der Waals surface area contributed by atoms with Gasteiger partial charge in [0.15, 0.2) is 5.03 Å². The van der Waals surface area contributed by atoms with Crippen LogP contribution in [0.5, 0.6) is 0 Å². The average Bonchev–Trinajstić information content (AvgIpc) is 2.89. The van der Waals surface area contributed by atoms with E-state index in [0.29, 0.717) is 12.2 Å². The molecule has 0 fully saturated rings. The van der Waals surface area contributed by atoms with Crippen molar-refractivity contribution in [1.29, 1.82) is 0 Å². The van der Waals surface area contributed by atoms with Crippen molar-refractivity contribution in [2.24, 2.45) is 7.05 Å². The third-order valence-electron chi connectivity index (χ3n) is 2.86. The van der Waals surface area contributed by atoms with Crippen molar-refractivity contribution in [1.82, 2.24) is 24.8 Å². The highest BCUT2D eigenvalue weighted by molar-refractivity contribution is 7.89. The molecule has 114 valence electrons. The normalized spacial score (nSPS) is 11.7. The topological polar surface area (TPSA) is 88.9 Å². The van der Waals surface area contributed by atoms with Crippen LogP contribution in [0.25, 0.3) is 0 Å². The molecule has 0 radical (unpaired) electrons. The molecular formula is C13H19N5O2S. The lowest BCUT2D eigenvalue weighted by Crippen LogP contribution is -2.24. The first-order valence-corrected chi connectivity index (χ1v) is 8.13. The zero-order valence-electron chi connectivity index (χ0n) is 12.1. The molecule has 0 aromatic carbocycles. The summed E-state index contributed by atoms with van der Waals surface area (Å²) >= 11 is 0. The summed E-state index contributed by atoms with van der Waals surface area (Å²) in [5, 5.41) is 7.29. The Morgan fingerprint density at radius 2 is 2.05 bits per heavy atom. The molecule has 0 saturated heterocycles. The fourth-order valence-electron chi connectivity index (χ4n) is 1.74. The number of aromatic nitrogens is 3. The van der Waals surface area contributed by atoms with Crippen LogP contribution < -0.4 is 10.0 Å². The number of pyridine rings is 1. The summed E-state index contributed by atoms with van der Waals surface area (Å²) in [4.78, 5) is 4.00. The Morgan fingerprint density at radius 1 is 1.24 bits per heavy atom. The van der Waals surface area contributed by atoms with Crippen molar-refractivity contribution in [3.63, 3.8) is 0 Å². The van der Waals surface area contributed by atoms with Crippen molar-refractivity contribution in [3.05, 3.63) is 41.9 Å². The Hall–Kier alpha value is -1.77. The molecule has 0 saturated carbocycles. The van der Waals surface area contributed by atoms with E-state index >= 15 is 0 Å². The Balaban J connectivity index is 2.01. The van der Waals surface area contributed by atoms with Gasteiger partial charge < -0.3 is 5.32 Å². The first-order chi connectivity index (χ1) is 10.0. The van der Waals surface area contributed by atoms with E-state index in [9.17, 15) is 8.42 Å². The summed E-state index contributed by atoms with van der Waals surface area (Å²) in [6.07, 6.45) is 3.33. The zero-order valence-corrected chi connectivity index (χ0v) is 12.9. The maximum Gasteiger partial charge on any atom is 0.258 e. The van der Waals surface area contributed by atoms with Crippen LogP contribution in [0.2, 0.25) is 0 Å². The van der Waals surface area contributed by atoms with E-state index in [4.69, 9.17) is 0 Å². The molecule has 0 bridgehead atoms. The van der Waals surface area contributed by atoms with Crippen LogP contribution >= 0.6 is 0 Å². The summed E-state index contributed by atoms with van der Waals surface area (Å²) in [5.41, 5.74) is 1.60. The van der Waals surface area contributed by atoms with Gasteiger partial charge in [0.25, 0.3) is 10.0 Å². The molecule has 0 aliphatic carbocycles. The number of nitrogens with zero attached hydrogens (tertiary/aromatic N) is 3. The first-order valence-electron chi connectivity index (χ1n) is 6.65. The van der Waals surface area contributed by atoms with Crippen LogP contribution in [0.3, 0.4) is 0 Å². The second-order valence-corrected chi connectivity index (χ2v) is 6.30. The van der Waals surface area contributed by atoms with Gasteiger partial charge in [-0.15, -0.1) is 0 Å². The lowest BCUT2D eigenvalue weighted by Gasteiger charge is -2.06. The fourth-order valence-corrected chi connectivity index (χ4v) is 2.67. The van der Waals surface area contributed by atoms with E-state index in [2.05, 4.69) is 20.1 Å². The molecule has 7 nitrogen and oxygen atoms in total. The Morgan fingerprint density at radius 3 is 2.62 bits per heavy atom. The molecule has 2 aromatic heterocycles. The third kappa shape index (κ3) is 4.35. The van der Waals surface area contributed by atoms with Crippen molar-refractivity contribution < 1.29 is 8.42 Å². The van der Waals surface area contributed by atoms with Gasteiger partial charge in [0.2, 0.25) is 0 Å². The minimum absolute atomic E-state index is 0.0127. The van der Waals surface area contributed by atoms with E-state index in [1.54, 1.807) is 36.3 Å². The summed E-state index contributed by atoms with van der Waals surface area (Å²) in [6, 6.07) is 5.02. The molecule has 2 rings (SSSR count). The van der Waals surface area contributed by atoms with Crippen molar-refractivity contribution in [3.8, 4) is 0 Å². The smallest absolute Gasteiger partial charge is 0.258 e. The van der Waals surface area contributed by atoms with Crippen LogP contribution in [0.4, 0.5) is 0 Å². The van der Waals surface area contributed by atoms with Gasteiger partial charge in [0, 0.05) is 26.0 Å². The molecule has 0 spiro atoms. The maximum atomic E-state index is 12.1. The van der Waals surface area contributed by atoms with Gasteiger partial charge in [-0.3, -0.25) is 4.68 Å². The molecular weight excluding hydrogens is 290 g/mol. The van der Waals surface area contributed by atoms with E-state index < -0.39 is 10.0 Å². The molecule has 0 atom stereocenters. The Bertz CT molecular complexity index is 679. The summed E-state index contributed by atoms with van der Waals surface area (Å²) < 4.78 is 28.3. The Labute approximate surface area is 124 Å². The maximum absolute atomic E-state index is 12.1. The van der Waals surface area contributed by atoms with E-state index in [1.807, 2.05) is 6.92 Å². The molecule has 0 aliphatic rings. The number of hydrogen-bond acceptors (Lipinski definition) is 5. The summed E-state index contributed by atoms with van der Waals surface area (Å²) in [6.45, 7) is 3.68. The molecule has 2 heterocycles. The SMILES string of the molecule is CCNCc1ccc(S(=O)(=O)NCc2ccn(C)n2)nc1. The monoisotopic (exact) mass is 309 g/mol. The van der Waals surface area contributed by atoms with Gasteiger partial charge >= 0.3 is 0 Å². The average molecular weight is 309 g/mol. The van der Waals surface area contributed by atoms with E-state index in [1.165, 1.54) is 6.07 Å². The fraction of sp³-hybridized carbons (Fsp3) is 0.385. The zero-order chi connectivity index (χ0) is 15.3. The van der Waals surface area contributed by atoms with Gasteiger partial charge in [-0.2, -0.15) is 5.10 Å². The van der Waals surface area contributed by atoms with Crippen LogP contribution in [-0.4, -0.2) is 29.7 Å². The molecule has 2 aromatic rings. The van der Waals surface area contributed by atoms with Gasteiger partial charge in [-0.25, -0.2) is 18.1 Å². The van der Waals surface area contributed by atoms with Crippen molar-refractivity contribution in [2.45, 2.75) is 25.0 Å².